The van der Waals surface area contributed by atoms with Crippen LogP contribution in [0.1, 0.15) is 49.9 Å². The predicted molar refractivity (Wildman–Crippen MR) is 148 cm³/mol. The average molecular weight is 562 g/mol. The van der Waals surface area contributed by atoms with E-state index in [4.69, 9.17) is 38.3 Å². The minimum absolute atomic E-state index is 0.0447. The minimum Gasteiger partial charge on any atom is -0.481 e. The molecular weight excluding hydrogens is 527 g/mol. The monoisotopic (exact) mass is 560 g/mol. The number of carboxylic acid groups (broad SMARTS) is 1. The SMILES string of the molecule is Cc1nn(C(C)c2ccc(Cl)cc2Cl)c2nc(N3CCC(N4CCCC(CC(=O)O)C4)C(CO)C3)cnc12. The second-order valence-electron chi connectivity index (χ2n) is 10.6. The molecule has 38 heavy (non-hydrogen) atoms. The smallest absolute Gasteiger partial charge is 0.303 e. The van der Waals surface area contributed by atoms with E-state index in [1.807, 2.05) is 30.7 Å². The summed E-state index contributed by atoms with van der Waals surface area (Å²) >= 11 is 12.6. The molecule has 0 radical (unpaired) electrons. The van der Waals surface area contributed by atoms with Crippen LogP contribution in [0.2, 0.25) is 10.0 Å². The standard InChI is InChI=1S/C27H34Cl2N6O3/c1-16-26-27(35(32-16)17(2)21-6-5-20(28)11-22(21)29)31-24(12-30-26)34-9-7-23(19(14-34)15-36)33-8-3-4-18(13-33)10-25(37)38/h5-6,11-12,17-19,23,36H,3-4,7-10,13-15H2,1-2H3,(H,37,38). The van der Waals surface area contributed by atoms with Gasteiger partial charge in [0.05, 0.1) is 17.9 Å². The number of hydrogen-bond acceptors (Lipinski definition) is 7. The topological polar surface area (TPSA) is 108 Å². The summed E-state index contributed by atoms with van der Waals surface area (Å²) in [6.07, 6.45) is 4.83. The number of benzene rings is 1. The summed E-state index contributed by atoms with van der Waals surface area (Å²) in [6.45, 7) is 7.20. The first-order valence-corrected chi connectivity index (χ1v) is 14.0. The van der Waals surface area contributed by atoms with Gasteiger partial charge in [-0.2, -0.15) is 5.10 Å². The van der Waals surface area contributed by atoms with Gasteiger partial charge in [0.2, 0.25) is 0 Å². The Morgan fingerprint density at radius 3 is 2.76 bits per heavy atom. The lowest BCUT2D eigenvalue weighted by atomic mass is 9.87. The average Bonchev–Trinajstić information content (AvgIpc) is 3.23. The molecule has 0 spiro atoms. The lowest BCUT2D eigenvalue weighted by Crippen LogP contribution is -2.55. The zero-order valence-corrected chi connectivity index (χ0v) is 23.2. The van der Waals surface area contributed by atoms with E-state index in [0.717, 1.165) is 61.5 Å². The van der Waals surface area contributed by atoms with E-state index in [2.05, 4.69) is 9.80 Å². The van der Waals surface area contributed by atoms with Crippen molar-refractivity contribution in [2.45, 2.75) is 51.6 Å². The summed E-state index contributed by atoms with van der Waals surface area (Å²) in [5.41, 5.74) is 3.13. The molecular formula is C27H34Cl2N6O3. The fraction of sp³-hybridized carbons (Fsp3) is 0.556. The van der Waals surface area contributed by atoms with E-state index in [1.165, 1.54) is 0 Å². The number of piperidine rings is 2. The van der Waals surface area contributed by atoms with Gasteiger partial charge in [-0.3, -0.25) is 9.69 Å². The Kier molecular flexibility index (Phi) is 8.09. The molecule has 2 aliphatic rings. The van der Waals surface area contributed by atoms with Gasteiger partial charge in [0.1, 0.15) is 11.3 Å². The molecule has 4 unspecified atom stereocenters. The molecule has 0 aliphatic carbocycles. The summed E-state index contributed by atoms with van der Waals surface area (Å²) in [5.74, 6) is 0.239. The molecule has 2 saturated heterocycles. The Balaban J connectivity index is 1.37. The van der Waals surface area contributed by atoms with Crippen LogP contribution in [-0.2, 0) is 4.79 Å². The van der Waals surface area contributed by atoms with Crippen molar-refractivity contribution in [3.63, 3.8) is 0 Å². The van der Waals surface area contributed by atoms with E-state index < -0.39 is 5.97 Å². The van der Waals surface area contributed by atoms with Crippen molar-refractivity contribution < 1.29 is 15.0 Å². The highest BCUT2D eigenvalue weighted by Crippen LogP contribution is 2.33. The third kappa shape index (κ3) is 5.47. The van der Waals surface area contributed by atoms with Crippen LogP contribution in [0.15, 0.2) is 24.4 Å². The van der Waals surface area contributed by atoms with E-state index in [0.29, 0.717) is 22.2 Å². The number of carboxylic acids is 1. The number of aliphatic hydroxyl groups excluding tert-OH is 1. The first kappa shape index (κ1) is 27.1. The molecule has 5 rings (SSSR count). The van der Waals surface area contributed by atoms with E-state index in [1.54, 1.807) is 12.3 Å². The lowest BCUT2D eigenvalue weighted by Gasteiger charge is -2.46. The van der Waals surface area contributed by atoms with Crippen molar-refractivity contribution in [1.82, 2.24) is 24.6 Å². The number of likely N-dealkylation sites (tertiary alicyclic amines) is 1. The van der Waals surface area contributed by atoms with Gasteiger partial charge in [-0.1, -0.05) is 29.3 Å². The third-order valence-corrected chi connectivity index (χ3v) is 8.64. The molecule has 4 atom stereocenters. The molecule has 3 aromatic rings. The number of aryl methyl sites for hydroxylation is 1. The van der Waals surface area contributed by atoms with Crippen LogP contribution in [0.3, 0.4) is 0 Å². The van der Waals surface area contributed by atoms with Crippen molar-refractivity contribution in [3.05, 3.63) is 45.7 Å². The summed E-state index contributed by atoms with van der Waals surface area (Å²) in [4.78, 5) is 25.6. The molecule has 11 heteroatoms. The number of nitrogens with zero attached hydrogens (tertiary/aromatic N) is 6. The Hall–Kier alpha value is -2.46. The number of carbonyl (C=O) groups is 1. The fourth-order valence-corrected chi connectivity index (χ4v) is 6.70. The number of aliphatic carboxylic acids is 1. The normalized spacial score (nSPS) is 23.6. The molecule has 0 bridgehead atoms. The maximum absolute atomic E-state index is 11.2. The predicted octanol–water partition coefficient (Wildman–Crippen LogP) is 4.42. The van der Waals surface area contributed by atoms with Gasteiger partial charge < -0.3 is 15.1 Å². The van der Waals surface area contributed by atoms with E-state index in [9.17, 15) is 15.0 Å². The van der Waals surface area contributed by atoms with Gasteiger partial charge in [-0.05, 0) is 63.3 Å². The van der Waals surface area contributed by atoms with Crippen molar-refractivity contribution in [3.8, 4) is 0 Å². The van der Waals surface area contributed by atoms with E-state index >= 15 is 0 Å². The van der Waals surface area contributed by atoms with Gasteiger partial charge in [-0.15, -0.1) is 0 Å². The Labute approximate surface area is 232 Å². The van der Waals surface area contributed by atoms with E-state index in [-0.39, 0.29) is 36.9 Å². The molecule has 204 valence electrons. The maximum atomic E-state index is 11.2. The zero-order chi connectivity index (χ0) is 27.0. The second-order valence-corrected chi connectivity index (χ2v) is 11.5. The molecule has 2 N–H and O–H groups in total. The van der Waals surface area contributed by atoms with Crippen molar-refractivity contribution in [1.29, 1.82) is 0 Å². The van der Waals surface area contributed by atoms with Crippen LogP contribution < -0.4 is 4.90 Å². The first-order chi connectivity index (χ1) is 18.2. The highest BCUT2D eigenvalue weighted by atomic mass is 35.5. The number of hydrogen-bond donors (Lipinski definition) is 2. The van der Waals surface area contributed by atoms with Gasteiger partial charge in [0.15, 0.2) is 5.65 Å². The maximum Gasteiger partial charge on any atom is 0.303 e. The molecule has 1 aromatic carbocycles. The lowest BCUT2D eigenvalue weighted by molar-refractivity contribution is -0.138. The molecule has 0 saturated carbocycles. The number of anilines is 1. The minimum atomic E-state index is -0.735. The van der Waals surface area contributed by atoms with Gasteiger partial charge in [-0.25, -0.2) is 14.6 Å². The summed E-state index contributed by atoms with van der Waals surface area (Å²) in [5, 5.41) is 25.5. The Bertz CT molecular complexity index is 1320. The van der Waals surface area contributed by atoms with Crippen LogP contribution >= 0.6 is 23.2 Å². The molecule has 0 amide bonds. The third-order valence-electron chi connectivity index (χ3n) is 8.07. The Morgan fingerprint density at radius 2 is 2.03 bits per heavy atom. The van der Waals surface area contributed by atoms with Gasteiger partial charge in [0.25, 0.3) is 0 Å². The first-order valence-electron chi connectivity index (χ1n) is 13.2. The fourth-order valence-electron chi connectivity index (χ4n) is 6.14. The molecule has 4 heterocycles. The number of aromatic nitrogens is 4. The summed E-state index contributed by atoms with van der Waals surface area (Å²) < 4.78 is 1.86. The largest absolute Gasteiger partial charge is 0.481 e. The van der Waals surface area contributed by atoms with Gasteiger partial charge in [0, 0.05) is 54.7 Å². The molecule has 2 fully saturated rings. The van der Waals surface area contributed by atoms with Crippen LogP contribution in [-0.4, -0.2) is 79.7 Å². The highest BCUT2D eigenvalue weighted by molar-refractivity contribution is 6.35. The Morgan fingerprint density at radius 1 is 1.21 bits per heavy atom. The number of rotatable bonds is 7. The van der Waals surface area contributed by atoms with Crippen LogP contribution in [0, 0.1) is 18.8 Å². The second kappa shape index (κ2) is 11.3. The van der Waals surface area contributed by atoms with Crippen molar-refractivity contribution in [2.75, 3.05) is 37.7 Å². The summed E-state index contributed by atoms with van der Waals surface area (Å²) in [7, 11) is 0. The highest BCUT2D eigenvalue weighted by Gasteiger charge is 2.36. The number of fused-ring (bicyclic) bond motifs is 1. The summed E-state index contributed by atoms with van der Waals surface area (Å²) in [6, 6.07) is 5.52. The number of halogens is 2. The van der Waals surface area contributed by atoms with Crippen LogP contribution in [0.5, 0.6) is 0 Å². The zero-order valence-electron chi connectivity index (χ0n) is 21.7. The molecule has 2 aliphatic heterocycles. The quantitative estimate of drug-likeness (QED) is 0.437. The van der Waals surface area contributed by atoms with Gasteiger partial charge >= 0.3 is 5.97 Å². The molecule has 9 nitrogen and oxygen atoms in total. The van der Waals surface area contributed by atoms with Crippen molar-refractivity contribution in [2.24, 2.45) is 11.8 Å². The van der Waals surface area contributed by atoms with Crippen LogP contribution in [0.25, 0.3) is 11.2 Å². The van der Waals surface area contributed by atoms with Crippen LogP contribution in [0.4, 0.5) is 5.82 Å². The molecule has 2 aromatic heterocycles. The number of aliphatic hydroxyl groups is 1. The van der Waals surface area contributed by atoms with Crippen molar-refractivity contribution >= 4 is 46.2 Å².